The molecule has 1 saturated heterocycles. The molecular weight excluding hydrogens is 272 g/mol. The Hall–Kier alpha value is -1.36. The van der Waals surface area contributed by atoms with E-state index in [1.165, 1.54) is 10.4 Å². The van der Waals surface area contributed by atoms with Gasteiger partial charge in [0.2, 0.25) is 5.91 Å². The molecule has 1 aliphatic rings. The summed E-state index contributed by atoms with van der Waals surface area (Å²) in [6.45, 7) is 6.29. The number of carbonyl (C=O) groups excluding carboxylic acids is 2. The minimum Gasteiger partial charge on any atom is -0.351 e. The van der Waals surface area contributed by atoms with E-state index in [9.17, 15) is 9.59 Å². The molecule has 20 heavy (non-hydrogen) atoms. The van der Waals surface area contributed by atoms with Crippen LogP contribution in [0.1, 0.15) is 46.3 Å². The van der Waals surface area contributed by atoms with E-state index in [1.54, 1.807) is 11.3 Å². The third-order valence-electron chi connectivity index (χ3n) is 3.65. The van der Waals surface area contributed by atoms with Crippen LogP contribution < -0.4 is 5.32 Å². The van der Waals surface area contributed by atoms with E-state index in [-0.39, 0.29) is 11.8 Å². The van der Waals surface area contributed by atoms with Crippen molar-refractivity contribution in [1.82, 2.24) is 10.2 Å². The predicted molar refractivity (Wildman–Crippen MR) is 81.2 cm³/mol. The predicted octanol–water partition coefficient (Wildman–Crippen LogP) is 2.36. The number of rotatable bonds is 5. The number of hydrogen-bond donors (Lipinski definition) is 1. The molecule has 0 saturated carbocycles. The highest BCUT2D eigenvalue weighted by Gasteiger charge is 2.18. The summed E-state index contributed by atoms with van der Waals surface area (Å²) >= 11 is 1.54. The molecule has 0 spiro atoms. The average Bonchev–Trinajstić information content (AvgIpc) is 3.07. The highest BCUT2D eigenvalue weighted by atomic mass is 32.1. The summed E-state index contributed by atoms with van der Waals surface area (Å²) in [4.78, 5) is 27.7. The second-order valence-corrected chi connectivity index (χ2v) is 6.30. The van der Waals surface area contributed by atoms with Gasteiger partial charge in [0.1, 0.15) is 0 Å². The number of hydrogen-bond acceptors (Lipinski definition) is 3. The summed E-state index contributed by atoms with van der Waals surface area (Å²) in [6, 6.07) is 1.93. The summed E-state index contributed by atoms with van der Waals surface area (Å²) in [5.41, 5.74) is 1.18. The van der Waals surface area contributed by atoms with Crippen molar-refractivity contribution in [3.05, 3.63) is 21.4 Å². The van der Waals surface area contributed by atoms with Gasteiger partial charge in [-0.05, 0) is 37.8 Å². The lowest BCUT2D eigenvalue weighted by Gasteiger charge is -2.14. The van der Waals surface area contributed by atoms with Gasteiger partial charge in [-0.3, -0.25) is 9.59 Å². The molecule has 0 atom stereocenters. The average molecular weight is 294 g/mol. The fourth-order valence-corrected chi connectivity index (χ4v) is 3.51. The van der Waals surface area contributed by atoms with Gasteiger partial charge < -0.3 is 10.2 Å². The van der Waals surface area contributed by atoms with Crippen molar-refractivity contribution in [2.75, 3.05) is 19.6 Å². The van der Waals surface area contributed by atoms with Gasteiger partial charge >= 0.3 is 0 Å². The van der Waals surface area contributed by atoms with Crippen LogP contribution in [0.3, 0.4) is 0 Å². The Balaban J connectivity index is 1.78. The lowest BCUT2D eigenvalue weighted by molar-refractivity contribution is -0.129. The van der Waals surface area contributed by atoms with Crippen LogP contribution >= 0.6 is 11.3 Å². The third kappa shape index (κ3) is 3.60. The van der Waals surface area contributed by atoms with Crippen molar-refractivity contribution in [3.63, 3.8) is 0 Å². The van der Waals surface area contributed by atoms with Gasteiger partial charge in [0.05, 0.1) is 4.88 Å². The first-order valence-corrected chi connectivity index (χ1v) is 8.08. The summed E-state index contributed by atoms with van der Waals surface area (Å²) < 4.78 is 0. The van der Waals surface area contributed by atoms with E-state index in [0.717, 1.165) is 37.2 Å². The fourth-order valence-electron chi connectivity index (χ4n) is 2.48. The quantitative estimate of drug-likeness (QED) is 0.906. The van der Waals surface area contributed by atoms with Gasteiger partial charge in [-0.2, -0.15) is 0 Å². The molecule has 1 fully saturated rings. The number of nitrogens with one attached hydrogen (secondary N) is 1. The van der Waals surface area contributed by atoms with E-state index in [0.29, 0.717) is 13.0 Å². The van der Waals surface area contributed by atoms with Crippen LogP contribution in [0.4, 0.5) is 0 Å². The molecule has 1 aromatic heterocycles. The molecule has 1 aromatic rings. The molecule has 2 amide bonds. The number of nitrogens with zero attached hydrogens (tertiary/aromatic N) is 1. The van der Waals surface area contributed by atoms with Crippen molar-refractivity contribution in [2.24, 2.45) is 0 Å². The number of aryl methyl sites for hydroxylation is 2. The van der Waals surface area contributed by atoms with Crippen molar-refractivity contribution in [2.45, 2.75) is 39.5 Å². The van der Waals surface area contributed by atoms with Gasteiger partial charge in [-0.25, -0.2) is 0 Å². The SMILES string of the molecule is CCc1sc(C(=O)NCCC(=O)N2CCCC2)cc1C. The Kier molecular flexibility index (Phi) is 5.17. The van der Waals surface area contributed by atoms with E-state index in [4.69, 9.17) is 0 Å². The van der Waals surface area contributed by atoms with E-state index < -0.39 is 0 Å². The molecule has 5 heteroatoms. The largest absolute Gasteiger partial charge is 0.351 e. The molecule has 0 aromatic carbocycles. The van der Waals surface area contributed by atoms with Crippen LogP contribution in [0.2, 0.25) is 0 Å². The first-order chi connectivity index (χ1) is 9.61. The maximum atomic E-state index is 12.0. The third-order valence-corrected chi connectivity index (χ3v) is 5.03. The Bertz CT molecular complexity index is 490. The summed E-state index contributed by atoms with van der Waals surface area (Å²) in [6.07, 6.45) is 3.56. The second-order valence-electron chi connectivity index (χ2n) is 5.16. The minimum absolute atomic E-state index is 0.0629. The molecule has 1 N–H and O–H groups in total. The summed E-state index contributed by atoms with van der Waals surface area (Å²) in [7, 11) is 0. The maximum Gasteiger partial charge on any atom is 0.261 e. The van der Waals surface area contributed by atoms with Gasteiger partial charge in [0.25, 0.3) is 5.91 Å². The minimum atomic E-state index is -0.0629. The van der Waals surface area contributed by atoms with Crippen LogP contribution in [0.25, 0.3) is 0 Å². The van der Waals surface area contributed by atoms with Gasteiger partial charge in [-0.1, -0.05) is 6.92 Å². The number of carbonyl (C=O) groups is 2. The molecule has 2 rings (SSSR count). The first-order valence-electron chi connectivity index (χ1n) is 7.27. The standard InChI is InChI=1S/C15H22N2O2S/c1-3-12-11(2)10-13(20-12)15(19)16-7-6-14(18)17-8-4-5-9-17/h10H,3-9H2,1-2H3,(H,16,19). The van der Waals surface area contributed by atoms with E-state index in [2.05, 4.69) is 12.2 Å². The molecule has 0 radical (unpaired) electrons. The van der Waals surface area contributed by atoms with E-state index >= 15 is 0 Å². The maximum absolute atomic E-state index is 12.0. The smallest absolute Gasteiger partial charge is 0.261 e. The molecule has 110 valence electrons. The van der Waals surface area contributed by atoms with Crippen LogP contribution in [0, 0.1) is 6.92 Å². The summed E-state index contributed by atoms with van der Waals surface area (Å²) in [5.74, 6) is 0.0893. The monoisotopic (exact) mass is 294 g/mol. The highest BCUT2D eigenvalue weighted by Crippen LogP contribution is 2.22. The second kappa shape index (κ2) is 6.88. The molecule has 0 bridgehead atoms. The Morgan fingerprint density at radius 2 is 2.05 bits per heavy atom. The Morgan fingerprint density at radius 1 is 1.35 bits per heavy atom. The van der Waals surface area contributed by atoms with Crippen molar-refractivity contribution in [3.8, 4) is 0 Å². The first kappa shape index (κ1) is 15.0. The topological polar surface area (TPSA) is 49.4 Å². The normalized spacial score (nSPS) is 14.6. The molecule has 1 aliphatic heterocycles. The highest BCUT2D eigenvalue weighted by molar-refractivity contribution is 7.14. The lowest BCUT2D eigenvalue weighted by Crippen LogP contribution is -2.32. The zero-order chi connectivity index (χ0) is 14.5. The molecule has 0 aliphatic carbocycles. The van der Waals surface area contributed by atoms with Crippen LogP contribution in [0.15, 0.2) is 6.07 Å². The number of likely N-dealkylation sites (tertiary alicyclic amines) is 1. The molecular formula is C15H22N2O2S. The van der Waals surface area contributed by atoms with Gasteiger partial charge in [0.15, 0.2) is 0 Å². The van der Waals surface area contributed by atoms with Gasteiger partial charge in [-0.15, -0.1) is 11.3 Å². The molecule has 0 unspecified atom stereocenters. The van der Waals surface area contributed by atoms with Crippen LogP contribution in [0.5, 0.6) is 0 Å². The van der Waals surface area contributed by atoms with Crippen LogP contribution in [-0.2, 0) is 11.2 Å². The number of amides is 2. The summed E-state index contributed by atoms with van der Waals surface area (Å²) in [5, 5.41) is 2.84. The molecule has 4 nitrogen and oxygen atoms in total. The van der Waals surface area contributed by atoms with E-state index in [1.807, 2.05) is 17.9 Å². The zero-order valence-corrected chi connectivity index (χ0v) is 13.0. The lowest BCUT2D eigenvalue weighted by atomic mass is 10.2. The Labute approximate surface area is 124 Å². The van der Waals surface area contributed by atoms with Crippen molar-refractivity contribution in [1.29, 1.82) is 0 Å². The van der Waals surface area contributed by atoms with Gasteiger partial charge in [0, 0.05) is 30.9 Å². The van der Waals surface area contributed by atoms with Crippen molar-refractivity contribution >= 4 is 23.2 Å². The van der Waals surface area contributed by atoms with Crippen molar-refractivity contribution < 1.29 is 9.59 Å². The Morgan fingerprint density at radius 3 is 2.65 bits per heavy atom. The fraction of sp³-hybridized carbons (Fsp3) is 0.600. The molecule has 2 heterocycles. The number of thiophene rings is 1. The van der Waals surface area contributed by atoms with Crippen LogP contribution in [-0.4, -0.2) is 36.3 Å². The zero-order valence-electron chi connectivity index (χ0n) is 12.2.